The molecule has 0 N–H and O–H groups in total. The highest BCUT2D eigenvalue weighted by Crippen LogP contribution is 2.12. The van der Waals surface area contributed by atoms with Crippen molar-refractivity contribution in [2.45, 2.75) is 5.88 Å². The minimum absolute atomic E-state index is 0.560. The predicted octanol–water partition coefficient (Wildman–Crippen LogP) is 3.24. The highest BCUT2D eigenvalue weighted by atomic mass is 35.5. The van der Waals surface area contributed by atoms with Crippen molar-refractivity contribution in [1.29, 1.82) is 0 Å². The minimum atomic E-state index is 0.560. The monoisotopic (exact) mass is 184 g/mol. The van der Waals surface area contributed by atoms with Crippen LogP contribution in [0, 0.1) is 0 Å². The zero-order valence-corrected chi connectivity index (χ0v) is 7.97. The average Bonchev–Trinajstić information content (AvgIpc) is 2.21. The second kappa shape index (κ2) is 6.74. The molecule has 0 radical (unpaired) electrons. The van der Waals surface area contributed by atoms with Crippen molar-refractivity contribution in [1.82, 2.24) is 0 Å². The lowest BCUT2D eigenvalue weighted by Crippen LogP contribution is -1.82. The molecule has 0 saturated heterocycles. The van der Waals surface area contributed by atoms with Crippen LogP contribution in [-0.4, -0.2) is 7.11 Å². The van der Waals surface area contributed by atoms with E-state index in [0.29, 0.717) is 5.88 Å². The molecule has 12 heavy (non-hydrogen) atoms. The first-order chi connectivity index (χ1) is 5.86. The van der Waals surface area contributed by atoms with E-state index in [9.17, 15) is 0 Å². The van der Waals surface area contributed by atoms with Crippen molar-refractivity contribution in [2.75, 3.05) is 7.11 Å². The Labute approximate surface area is 78.6 Å². The highest BCUT2D eigenvalue weighted by molar-refractivity contribution is 6.17. The molecule has 0 heterocycles. The Morgan fingerprint density at radius 3 is 2.08 bits per heavy atom. The second-order valence-corrected chi connectivity index (χ2v) is 2.25. The van der Waals surface area contributed by atoms with E-state index in [2.05, 4.69) is 13.2 Å². The summed E-state index contributed by atoms with van der Waals surface area (Å²) in [4.78, 5) is 0. The maximum absolute atomic E-state index is 5.58. The van der Waals surface area contributed by atoms with Gasteiger partial charge in [0.15, 0.2) is 0 Å². The molecule has 2 heteroatoms. The molecular formula is C10H13ClO. The van der Waals surface area contributed by atoms with E-state index in [1.165, 1.54) is 0 Å². The summed E-state index contributed by atoms with van der Waals surface area (Å²) in [5.41, 5.74) is 1.11. The molecule has 1 aromatic rings. The molecule has 0 aliphatic heterocycles. The first-order valence-electron chi connectivity index (χ1n) is 3.55. The van der Waals surface area contributed by atoms with Crippen molar-refractivity contribution in [3.8, 4) is 5.75 Å². The van der Waals surface area contributed by atoms with Gasteiger partial charge < -0.3 is 4.74 Å². The molecular weight excluding hydrogens is 172 g/mol. The van der Waals surface area contributed by atoms with Crippen LogP contribution in [0.4, 0.5) is 0 Å². The van der Waals surface area contributed by atoms with Gasteiger partial charge in [-0.25, -0.2) is 0 Å². The number of hydrogen-bond acceptors (Lipinski definition) is 1. The Morgan fingerprint density at radius 1 is 1.25 bits per heavy atom. The van der Waals surface area contributed by atoms with Crippen LogP contribution in [0.15, 0.2) is 37.4 Å². The summed E-state index contributed by atoms with van der Waals surface area (Å²) >= 11 is 5.58. The van der Waals surface area contributed by atoms with E-state index in [1.54, 1.807) is 7.11 Å². The van der Waals surface area contributed by atoms with Crippen LogP contribution >= 0.6 is 11.6 Å². The number of benzene rings is 1. The fraction of sp³-hybridized carbons (Fsp3) is 0.200. The van der Waals surface area contributed by atoms with Gasteiger partial charge in [-0.3, -0.25) is 0 Å². The third-order valence-electron chi connectivity index (χ3n) is 1.31. The molecule has 0 saturated carbocycles. The van der Waals surface area contributed by atoms with E-state index < -0.39 is 0 Å². The standard InChI is InChI=1S/C8H9ClO.C2H4/c1-10-8-4-2-7(6-9)3-5-8;1-2/h2-5H,6H2,1H3;1-2H2. The Hall–Kier alpha value is -0.950. The molecule has 0 unspecified atom stereocenters. The van der Waals surface area contributed by atoms with Crippen LogP contribution in [-0.2, 0) is 5.88 Å². The summed E-state index contributed by atoms with van der Waals surface area (Å²) in [6.45, 7) is 6.00. The van der Waals surface area contributed by atoms with E-state index >= 15 is 0 Å². The van der Waals surface area contributed by atoms with Gasteiger partial charge in [0.05, 0.1) is 7.11 Å². The number of methoxy groups -OCH3 is 1. The van der Waals surface area contributed by atoms with Crippen LogP contribution in [0.5, 0.6) is 5.75 Å². The van der Waals surface area contributed by atoms with Gasteiger partial charge in [0.2, 0.25) is 0 Å². The Bertz CT molecular complexity index is 183. The van der Waals surface area contributed by atoms with Crippen LogP contribution in [0.1, 0.15) is 5.56 Å². The number of alkyl halides is 1. The van der Waals surface area contributed by atoms with Crippen LogP contribution < -0.4 is 4.74 Å². The largest absolute Gasteiger partial charge is 0.497 e. The van der Waals surface area contributed by atoms with Gasteiger partial charge in [-0.05, 0) is 17.7 Å². The Balaban J connectivity index is 0.000000561. The third kappa shape index (κ3) is 3.44. The maximum Gasteiger partial charge on any atom is 0.118 e. The SMILES string of the molecule is C=C.COc1ccc(CCl)cc1. The van der Waals surface area contributed by atoms with E-state index in [4.69, 9.17) is 16.3 Å². The Kier molecular flexibility index (Phi) is 6.21. The molecule has 0 amide bonds. The van der Waals surface area contributed by atoms with Gasteiger partial charge in [0.25, 0.3) is 0 Å². The molecule has 0 bridgehead atoms. The van der Waals surface area contributed by atoms with Gasteiger partial charge in [-0.1, -0.05) is 12.1 Å². The van der Waals surface area contributed by atoms with Crippen molar-refractivity contribution in [3.05, 3.63) is 43.0 Å². The van der Waals surface area contributed by atoms with Crippen LogP contribution in [0.25, 0.3) is 0 Å². The lowest BCUT2D eigenvalue weighted by molar-refractivity contribution is 0.414. The first kappa shape index (κ1) is 11.1. The predicted molar refractivity (Wildman–Crippen MR) is 53.8 cm³/mol. The lowest BCUT2D eigenvalue weighted by Gasteiger charge is -1.98. The van der Waals surface area contributed by atoms with Crippen molar-refractivity contribution in [3.63, 3.8) is 0 Å². The summed E-state index contributed by atoms with van der Waals surface area (Å²) in [6.07, 6.45) is 0. The molecule has 66 valence electrons. The van der Waals surface area contributed by atoms with Crippen LogP contribution in [0.2, 0.25) is 0 Å². The summed E-state index contributed by atoms with van der Waals surface area (Å²) < 4.78 is 4.97. The summed E-state index contributed by atoms with van der Waals surface area (Å²) in [7, 11) is 1.65. The van der Waals surface area contributed by atoms with Crippen molar-refractivity contribution in [2.24, 2.45) is 0 Å². The molecule has 0 fully saturated rings. The third-order valence-corrected chi connectivity index (χ3v) is 1.62. The van der Waals surface area contributed by atoms with E-state index in [1.807, 2.05) is 24.3 Å². The van der Waals surface area contributed by atoms with Crippen LogP contribution in [0.3, 0.4) is 0 Å². The number of hydrogen-bond donors (Lipinski definition) is 0. The van der Waals surface area contributed by atoms with Crippen molar-refractivity contribution >= 4 is 11.6 Å². The van der Waals surface area contributed by atoms with Crippen molar-refractivity contribution < 1.29 is 4.74 Å². The zero-order valence-electron chi connectivity index (χ0n) is 7.22. The van der Waals surface area contributed by atoms with E-state index in [0.717, 1.165) is 11.3 Å². The quantitative estimate of drug-likeness (QED) is 0.507. The fourth-order valence-corrected chi connectivity index (χ4v) is 0.893. The molecule has 1 aromatic carbocycles. The maximum atomic E-state index is 5.58. The summed E-state index contributed by atoms with van der Waals surface area (Å²) in [6, 6.07) is 7.70. The molecule has 0 aliphatic rings. The molecule has 0 aromatic heterocycles. The average molecular weight is 185 g/mol. The van der Waals surface area contributed by atoms with E-state index in [-0.39, 0.29) is 0 Å². The molecule has 1 rings (SSSR count). The Morgan fingerprint density at radius 2 is 1.75 bits per heavy atom. The summed E-state index contributed by atoms with van der Waals surface area (Å²) in [5, 5.41) is 0. The minimum Gasteiger partial charge on any atom is -0.497 e. The molecule has 0 spiro atoms. The molecule has 1 nitrogen and oxygen atoms in total. The molecule has 0 aliphatic carbocycles. The normalized spacial score (nSPS) is 8.17. The first-order valence-corrected chi connectivity index (χ1v) is 4.09. The topological polar surface area (TPSA) is 9.23 Å². The molecule has 0 atom stereocenters. The zero-order chi connectivity index (χ0) is 9.40. The van der Waals surface area contributed by atoms with Gasteiger partial charge in [0, 0.05) is 5.88 Å². The number of halogens is 1. The van der Waals surface area contributed by atoms with Gasteiger partial charge in [-0.2, -0.15) is 0 Å². The number of rotatable bonds is 2. The number of ether oxygens (including phenoxy) is 1. The van der Waals surface area contributed by atoms with Gasteiger partial charge in [0.1, 0.15) is 5.75 Å². The fourth-order valence-electron chi connectivity index (χ4n) is 0.715. The van der Waals surface area contributed by atoms with Gasteiger partial charge in [-0.15, -0.1) is 24.8 Å². The van der Waals surface area contributed by atoms with Gasteiger partial charge >= 0.3 is 0 Å². The lowest BCUT2D eigenvalue weighted by atomic mass is 10.2. The second-order valence-electron chi connectivity index (χ2n) is 1.98. The smallest absolute Gasteiger partial charge is 0.118 e. The summed E-state index contributed by atoms with van der Waals surface area (Å²) in [5.74, 6) is 1.43. The highest BCUT2D eigenvalue weighted by Gasteiger charge is 1.90.